The average molecular weight is 537 g/mol. The van der Waals surface area contributed by atoms with Crippen LogP contribution in [-0.4, -0.2) is 90.7 Å². The standard InChI is InChI=1S/C17H28N2OS.2C2HF3O2/c1-4-18-9-15(11-20-3)17(12-18)6-7-19(13-17)10-16-14(2)5-8-21-16;2*3-2(4,5)1(6)7/h5,8,15H,4,6-7,9-13H2,1-3H3;2*(H,6,7)/t15-,17+;;/m0../s1. The Kier molecular flexibility index (Phi) is 11.5. The molecular formula is C21H30F6N2O5S. The lowest BCUT2D eigenvalue weighted by atomic mass is 9.78. The number of hydrogen-bond acceptors (Lipinski definition) is 6. The molecule has 1 spiro atoms. The van der Waals surface area contributed by atoms with Gasteiger partial charge in [0.05, 0.1) is 6.61 Å². The smallest absolute Gasteiger partial charge is 0.475 e. The number of halogens is 6. The van der Waals surface area contributed by atoms with E-state index in [1.807, 2.05) is 18.4 Å². The van der Waals surface area contributed by atoms with Crippen molar-refractivity contribution in [2.45, 2.75) is 39.2 Å². The van der Waals surface area contributed by atoms with E-state index in [0.717, 1.165) is 13.2 Å². The molecule has 14 heteroatoms. The van der Waals surface area contributed by atoms with Crippen molar-refractivity contribution in [3.05, 3.63) is 21.9 Å². The van der Waals surface area contributed by atoms with E-state index in [9.17, 15) is 26.3 Å². The van der Waals surface area contributed by atoms with Crippen LogP contribution in [0.3, 0.4) is 0 Å². The van der Waals surface area contributed by atoms with E-state index in [-0.39, 0.29) is 0 Å². The molecule has 3 rings (SSSR count). The summed E-state index contributed by atoms with van der Waals surface area (Å²) in [5, 5.41) is 16.5. The van der Waals surface area contributed by atoms with Crippen LogP contribution in [0.4, 0.5) is 26.3 Å². The molecule has 2 N–H and O–H groups in total. The molecule has 0 bridgehead atoms. The normalized spacial score (nSPS) is 22.9. The van der Waals surface area contributed by atoms with Crippen LogP contribution in [0.15, 0.2) is 11.4 Å². The quantitative estimate of drug-likeness (QED) is 0.548. The number of nitrogens with zero attached hydrogens (tertiary/aromatic N) is 2. The molecule has 202 valence electrons. The van der Waals surface area contributed by atoms with Crippen molar-refractivity contribution >= 4 is 23.3 Å². The zero-order valence-electron chi connectivity index (χ0n) is 19.6. The van der Waals surface area contributed by atoms with Gasteiger partial charge in [0.1, 0.15) is 0 Å². The van der Waals surface area contributed by atoms with Gasteiger partial charge in [0.2, 0.25) is 0 Å². The first-order valence-corrected chi connectivity index (χ1v) is 11.5. The van der Waals surface area contributed by atoms with Gasteiger partial charge in [0.15, 0.2) is 0 Å². The SMILES string of the molecule is CCN1C[C@@H](COC)[C@]2(CCN(Cc3sccc3C)C2)C1.O=C(O)C(F)(F)F.O=C(O)C(F)(F)F. The molecule has 1 aromatic heterocycles. The minimum absolute atomic E-state index is 0.469. The predicted molar refractivity (Wildman–Crippen MR) is 116 cm³/mol. The lowest BCUT2D eigenvalue weighted by Gasteiger charge is -2.30. The van der Waals surface area contributed by atoms with Crippen LogP contribution in [0.2, 0.25) is 0 Å². The molecule has 0 radical (unpaired) electrons. The molecule has 0 aromatic carbocycles. The highest BCUT2D eigenvalue weighted by Crippen LogP contribution is 2.44. The van der Waals surface area contributed by atoms with Gasteiger partial charge in [-0.1, -0.05) is 6.92 Å². The summed E-state index contributed by atoms with van der Waals surface area (Å²) < 4.78 is 69.0. The third kappa shape index (κ3) is 9.58. The summed E-state index contributed by atoms with van der Waals surface area (Å²) in [7, 11) is 1.85. The highest BCUT2D eigenvalue weighted by Gasteiger charge is 2.49. The zero-order chi connectivity index (χ0) is 27.0. The maximum atomic E-state index is 10.6. The van der Waals surface area contributed by atoms with Gasteiger partial charge in [-0.15, -0.1) is 11.3 Å². The van der Waals surface area contributed by atoms with Gasteiger partial charge >= 0.3 is 24.3 Å². The van der Waals surface area contributed by atoms with Crippen LogP contribution in [0.1, 0.15) is 23.8 Å². The zero-order valence-corrected chi connectivity index (χ0v) is 20.4. The molecule has 2 aliphatic heterocycles. The lowest BCUT2D eigenvalue weighted by molar-refractivity contribution is -0.193. The number of methoxy groups -OCH3 is 1. The second-order valence-electron chi connectivity index (χ2n) is 8.44. The van der Waals surface area contributed by atoms with Gasteiger partial charge in [-0.25, -0.2) is 9.59 Å². The molecular weight excluding hydrogens is 506 g/mol. The van der Waals surface area contributed by atoms with Crippen LogP contribution in [0, 0.1) is 18.3 Å². The van der Waals surface area contributed by atoms with E-state index in [1.54, 1.807) is 4.88 Å². The molecule has 0 aliphatic carbocycles. The summed E-state index contributed by atoms with van der Waals surface area (Å²) in [6.45, 7) is 12.7. The maximum Gasteiger partial charge on any atom is 0.490 e. The Bertz CT molecular complexity index is 808. The summed E-state index contributed by atoms with van der Waals surface area (Å²) in [5.41, 5.74) is 1.92. The van der Waals surface area contributed by atoms with Gasteiger partial charge in [-0.2, -0.15) is 26.3 Å². The van der Waals surface area contributed by atoms with Gasteiger partial charge < -0.3 is 19.8 Å². The number of carbonyl (C=O) groups is 2. The molecule has 2 saturated heterocycles. The van der Waals surface area contributed by atoms with Crippen LogP contribution in [-0.2, 0) is 20.9 Å². The van der Waals surface area contributed by atoms with Crippen LogP contribution in [0.5, 0.6) is 0 Å². The van der Waals surface area contributed by atoms with Gasteiger partial charge in [-0.05, 0) is 43.4 Å². The Morgan fingerprint density at radius 1 is 1.11 bits per heavy atom. The number of ether oxygens (including phenoxy) is 1. The molecule has 0 amide bonds. The molecule has 2 fully saturated rings. The Morgan fingerprint density at radius 2 is 1.63 bits per heavy atom. The number of hydrogen-bond donors (Lipinski definition) is 2. The third-order valence-electron chi connectivity index (χ3n) is 5.98. The van der Waals surface area contributed by atoms with E-state index in [2.05, 4.69) is 35.1 Å². The molecule has 0 saturated carbocycles. The third-order valence-corrected chi connectivity index (χ3v) is 6.99. The van der Waals surface area contributed by atoms with Gasteiger partial charge in [0.25, 0.3) is 0 Å². The largest absolute Gasteiger partial charge is 0.490 e. The maximum absolute atomic E-state index is 10.6. The topological polar surface area (TPSA) is 90.3 Å². The van der Waals surface area contributed by atoms with Crippen LogP contribution >= 0.6 is 11.3 Å². The number of likely N-dealkylation sites (tertiary alicyclic amines) is 2. The van der Waals surface area contributed by atoms with Crippen molar-refractivity contribution in [3.8, 4) is 0 Å². The Labute approximate surface area is 203 Å². The van der Waals surface area contributed by atoms with E-state index < -0.39 is 24.3 Å². The Morgan fingerprint density at radius 3 is 2.03 bits per heavy atom. The summed E-state index contributed by atoms with van der Waals surface area (Å²) in [6, 6.07) is 2.24. The lowest BCUT2D eigenvalue weighted by Crippen LogP contribution is -2.36. The molecule has 7 nitrogen and oxygen atoms in total. The summed E-state index contributed by atoms with van der Waals surface area (Å²) in [6.07, 6.45) is -8.83. The first-order valence-electron chi connectivity index (χ1n) is 10.6. The van der Waals surface area contributed by atoms with Crippen molar-refractivity contribution in [1.29, 1.82) is 0 Å². The molecule has 1 aromatic rings. The number of carboxylic acids is 2. The van der Waals surface area contributed by atoms with Crippen molar-refractivity contribution in [3.63, 3.8) is 0 Å². The summed E-state index contributed by atoms with van der Waals surface area (Å²) in [4.78, 5) is 24.6. The van der Waals surface area contributed by atoms with E-state index in [1.165, 1.54) is 44.7 Å². The Hall–Kier alpha value is -1.90. The number of rotatable bonds is 5. The van der Waals surface area contributed by atoms with E-state index in [0.29, 0.717) is 11.3 Å². The first kappa shape index (κ1) is 31.1. The number of carboxylic acid groups (broad SMARTS) is 2. The van der Waals surface area contributed by atoms with E-state index in [4.69, 9.17) is 24.5 Å². The molecule has 2 atom stereocenters. The van der Waals surface area contributed by atoms with Gasteiger partial charge in [-0.3, -0.25) is 4.90 Å². The fraction of sp³-hybridized carbons (Fsp3) is 0.714. The molecule has 3 heterocycles. The highest BCUT2D eigenvalue weighted by atomic mass is 32.1. The van der Waals surface area contributed by atoms with Gasteiger partial charge in [0, 0.05) is 49.5 Å². The molecule has 0 unspecified atom stereocenters. The molecule has 35 heavy (non-hydrogen) atoms. The summed E-state index contributed by atoms with van der Waals surface area (Å²) in [5.74, 6) is -4.81. The fourth-order valence-electron chi connectivity index (χ4n) is 4.17. The predicted octanol–water partition coefficient (Wildman–Crippen LogP) is 4.11. The second-order valence-corrected chi connectivity index (χ2v) is 9.44. The average Bonchev–Trinajstić information content (AvgIpc) is 3.43. The number of alkyl halides is 6. The monoisotopic (exact) mass is 536 g/mol. The van der Waals surface area contributed by atoms with Crippen molar-refractivity contribution in [1.82, 2.24) is 9.80 Å². The minimum Gasteiger partial charge on any atom is -0.475 e. The van der Waals surface area contributed by atoms with Crippen LogP contribution < -0.4 is 0 Å². The second kappa shape index (κ2) is 12.9. The van der Waals surface area contributed by atoms with Crippen molar-refractivity contribution in [2.75, 3.05) is 46.4 Å². The van der Waals surface area contributed by atoms with Crippen molar-refractivity contribution in [2.24, 2.45) is 11.3 Å². The van der Waals surface area contributed by atoms with E-state index >= 15 is 0 Å². The Balaban J connectivity index is 0.000000362. The molecule has 2 aliphatic rings. The first-order chi connectivity index (χ1) is 16.1. The van der Waals surface area contributed by atoms with Crippen molar-refractivity contribution < 1.29 is 50.9 Å². The minimum atomic E-state index is -5.08. The van der Waals surface area contributed by atoms with Crippen LogP contribution in [0.25, 0.3) is 0 Å². The number of thiophene rings is 1. The highest BCUT2D eigenvalue weighted by molar-refractivity contribution is 7.10. The number of aliphatic carboxylic acids is 2. The number of aryl methyl sites for hydroxylation is 1. The fourth-order valence-corrected chi connectivity index (χ4v) is 5.11. The summed E-state index contributed by atoms with van der Waals surface area (Å²) >= 11 is 1.91.